The summed E-state index contributed by atoms with van der Waals surface area (Å²) in [5.41, 5.74) is -0.297. The van der Waals surface area contributed by atoms with E-state index in [0.717, 1.165) is 12.5 Å². The van der Waals surface area contributed by atoms with Crippen LogP contribution in [0.3, 0.4) is 0 Å². The van der Waals surface area contributed by atoms with Crippen LogP contribution in [-0.2, 0) is 12.7 Å². The lowest BCUT2D eigenvalue weighted by Crippen LogP contribution is -2.26. The Hall–Kier alpha value is -1.29. The fraction of sp³-hybridized carbons (Fsp3) is 0.385. The summed E-state index contributed by atoms with van der Waals surface area (Å²) in [5, 5.41) is 3.04. The number of hydrogen-bond acceptors (Lipinski definition) is 1. The van der Waals surface area contributed by atoms with E-state index < -0.39 is 11.7 Å². The van der Waals surface area contributed by atoms with Crippen LogP contribution in [-0.4, -0.2) is 6.04 Å². The SMILES string of the molecule is C=CCC(C)NCc1ccccc1C(F)(F)F. The largest absolute Gasteiger partial charge is 0.416 e. The zero-order chi connectivity index (χ0) is 12.9. The van der Waals surface area contributed by atoms with Gasteiger partial charge in [0, 0.05) is 12.6 Å². The van der Waals surface area contributed by atoms with Crippen LogP contribution in [0, 0.1) is 0 Å². The second kappa shape index (κ2) is 5.87. The third-order valence-corrected chi connectivity index (χ3v) is 2.48. The van der Waals surface area contributed by atoms with Gasteiger partial charge in [-0.1, -0.05) is 24.3 Å². The van der Waals surface area contributed by atoms with E-state index in [4.69, 9.17) is 0 Å². The summed E-state index contributed by atoms with van der Waals surface area (Å²) >= 11 is 0. The van der Waals surface area contributed by atoms with Gasteiger partial charge in [-0.3, -0.25) is 0 Å². The molecule has 0 spiro atoms. The highest BCUT2D eigenvalue weighted by atomic mass is 19.4. The lowest BCUT2D eigenvalue weighted by Gasteiger charge is -2.16. The van der Waals surface area contributed by atoms with Crippen LogP contribution >= 0.6 is 0 Å². The molecule has 0 aliphatic heterocycles. The molecule has 94 valence electrons. The summed E-state index contributed by atoms with van der Waals surface area (Å²) in [6.07, 6.45) is -1.82. The Bertz CT molecular complexity index is 371. The normalized spacial score (nSPS) is 13.4. The van der Waals surface area contributed by atoms with Crippen molar-refractivity contribution in [2.24, 2.45) is 0 Å². The Morgan fingerprint density at radius 2 is 2.00 bits per heavy atom. The Morgan fingerprint density at radius 3 is 2.59 bits per heavy atom. The Morgan fingerprint density at radius 1 is 1.35 bits per heavy atom. The van der Waals surface area contributed by atoms with Crippen molar-refractivity contribution in [3.63, 3.8) is 0 Å². The minimum Gasteiger partial charge on any atom is -0.310 e. The third kappa shape index (κ3) is 4.23. The van der Waals surface area contributed by atoms with Crippen LogP contribution in [0.2, 0.25) is 0 Å². The summed E-state index contributed by atoms with van der Waals surface area (Å²) in [4.78, 5) is 0. The van der Waals surface area contributed by atoms with E-state index in [9.17, 15) is 13.2 Å². The van der Waals surface area contributed by atoms with Gasteiger partial charge in [0.25, 0.3) is 0 Å². The molecule has 0 fully saturated rings. The Balaban J connectivity index is 2.74. The van der Waals surface area contributed by atoms with Crippen molar-refractivity contribution < 1.29 is 13.2 Å². The molecule has 17 heavy (non-hydrogen) atoms. The molecule has 0 amide bonds. The van der Waals surface area contributed by atoms with E-state index in [2.05, 4.69) is 11.9 Å². The van der Waals surface area contributed by atoms with Gasteiger partial charge in [0.15, 0.2) is 0 Å². The molecule has 1 aromatic carbocycles. The number of hydrogen-bond donors (Lipinski definition) is 1. The minimum atomic E-state index is -4.29. The van der Waals surface area contributed by atoms with Crippen molar-refractivity contribution >= 4 is 0 Å². The predicted molar refractivity (Wildman–Crippen MR) is 62.6 cm³/mol. The molecule has 0 radical (unpaired) electrons. The van der Waals surface area contributed by atoms with Crippen molar-refractivity contribution in [3.8, 4) is 0 Å². The maximum absolute atomic E-state index is 12.7. The number of alkyl halides is 3. The van der Waals surface area contributed by atoms with E-state index >= 15 is 0 Å². The molecule has 0 bridgehead atoms. The molecule has 1 aromatic rings. The van der Waals surface area contributed by atoms with Gasteiger partial charge in [-0.15, -0.1) is 6.58 Å². The van der Waals surface area contributed by atoms with Gasteiger partial charge < -0.3 is 5.32 Å². The van der Waals surface area contributed by atoms with Crippen molar-refractivity contribution in [2.75, 3.05) is 0 Å². The summed E-state index contributed by atoms with van der Waals surface area (Å²) in [7, 11) is 0. The highest BCUT2D eigenvalue weighted by Crippen LogP contribution is 2.31. The monoisotopic (exact) mass is 243 g/mol. The van der Waals surface area contributed by atoms with Crippen LogP contribution in [0.1, 0.15) is 24.5 Å². The quantitative estimate of drug-likeness (QED) is 0.776. The standard InChI is InChI=1S/C13H16F3N/c1-3-6-10(2)17-9-11-7-4-5-8-12(11)13(14,15)16/h3-5,7-8,10,17H,1,6,9H2,2H3. The fourth-order valence-corrected chi connectivity index (χ4v) is 1.57. The van der Waals surface area contributed by atoms with Gasteiger partial charge in [0.05, 0.1) is 5.56 Å². The molecule has 1 nitrogen and oxygen atoms in total. The van der Waals surface area contributed by atoms with E-state index in [1.54, 1.807) is 12.1 Å². The molecule has 1 atom stereocenters. The van der Waals surface area contributed by atoms with Crippen LogP contribution in [0.4, 0.5) is 13.2 Å². The first kappa shape index (κ1) is 13.8. The topological polar surface area (TPSA) is 12.0 Å². The molecule has 1 rings (SSSR count). The summed E-state index contributed by atoms with van der Waals surface area (Å²) < 4.78 is 38.0. The minimum absolute atomic E-state index is 0.119. The second-order valence-corrected chi connectivity index (χ2v) is 3.96. The van der Waals surface area contributed by atoms with Crippen molar-refractivity contribution in [2.45, 2.75) is 32.1 Å². The second-order valence-electron chi connectivity index (χ2n) is 3.96. The van der Waals surface area contributed by atoms with Crippen molar-refractivity contribution in [3.05, 3.63) is 48.0 Å². The number of halogens is 3. The molecule has 4 heteroatoms. The highest BCUT2D eigenvalue weighted by Gasteiger charge is 2.32. The summed E-state index contributed by atoms with van der Waals surface area (Å²) in [6, 6.07) is 5.74. The van der Waals surface area contributed by atoms with Crippen molar-refractivity contribution in [1.29, 1.82) is 0 Å². The predicted octanol–water partition coefficient (Wildman–Crippen LogP) is 3.76. The summed E-state index contributed by atoms with van der Waals surface area (Å²) in [6.45, 7) is 5.72. The molecule has 0 aromatic heterocycles. The lowest BCUT2D eigenvalue weighted by molar-refractivity contribution is -0.138. The van der Waals surface area contributed by atoms with Gasteiger partial charge in [0.2, 0.25) is 0 Å². The summed E-state index contributed by atoms with van der Waals surface area (Å²) in [5.74, 6) is 0. The van der Waals surface area contributed by atoms with Crippen LogP contribution in [0.25, 0.3) is 0 Å². The van der Waals surface area contributed by atoms with Gasteiger partial charge in [-0.25, -0.2) is 0 Å². The number of nitrogens with one attached hydrogen (secondary N) is 1. The molecule has 1 N–H and O–H groups in total. The maximum Gasteiger partial charge on any atom is 0.416 e. The zero-order valence-corrected chi connectivity index (χ0v) is 9.72. The maximum atomic E-state index is 12.7. The molecular formula is C13H16F3N. The van der Waals surface area contributed by atoms with Crippen molar-refractivity contribution in [1.82, 2.24) is 5.32 Å². The van der Waals surface area contributed by atoms with E-state index in [1.807, 2.05) is 6.92 Å². The molecule has 0 saturated heterocycles. The number of rotatable bonds is 5. The van der Waals surface area contributed by atoms with E-state index in [1.165, 1.54) is 12.1 Å². The zero-order valence-electron chi connectivity index (χ0n) is 9.72. The number of benzene rings is 1. The lowest BCUT2D eigenvalue weighted by atomic mass is 10.1. The van der Waals surface area contributed by atoms with Crippen LogP contribution in [0.15, 0.2) is 36.9 Å². The van der Waals surface area contributed by atoms with E-state index in [0.29, 0.717) is 0 Å². The first-order valence-electron chi connectivity index (χ1n) is 5.44. The Kier molecular flexibility index (Phi) is 4.75. The average Bonchev–Trinajstić information content (AvgIpc) is 2.26. The van der Waals surface area contributed by atoms with Crippen LogP contribution in [0.5, 0.6) is 0 Å². The fourth-order valence-electron chi connectivity index (χ4n) is 1.57. The van der Waals surface area contributed by atoms with Gasteiger partial charge in [0.1, 0.15) is 0 Å². The van der Waals surface area contributed by atoms with Gasteiger partial charge >= 0.3 is 6.18 Å². The van der Waals surface area contributed by atoms with E-state index in [-0.39, 0.29) is 18.2 Å². The molecule has 1 unspecified atom stereocenters. The molecule has 0 saturated carbocycles. The molecular weight excluding hydrogens is 227 g/mol. The first-order chi connectivity index (χ1) is 7.95. The molecule has 0 aliphatic rings. The molecule has 0 aliphatic carbocycles. The van der Waals surface area contributed by atoms with Gasteiger partial charge in [-0.2, -0.15) is 13.2 Å². The smallest absolute Gasteiger partial charge is 0.310 e. The third-order valence-electron chi connectivity index (χ3n) is 2.48. The molecule has 0 heterocycles. The van der Waals surface area contributed by atoms with Crippen LogP contribution < -0.4 is 5.32 Å². The highest BCUT2D eigenvalue weighted by molar-refractivity contribution is 5.29. The van der Waals surface area contributed by atoms with Gasteiger partial charge in [-0.05, 0) is 25.0 Å². The first-order valence-corrected chi connectivity index (χ1v) is 5.44. The Labute approximate surface area is 99.3 Å². The average molecular weight is 243 g/mol.